The molecule has 2 rings (SSSR count). The Kier molecular flexibility index (Phi) is 6.71. The quantitative estimate of drug-likeness (QED) is 0.350. The van der Waals surface area contributed by atoms with Crippen molar-refractivity contribution in [2.75, 3.05) is 40.0 Å². The summed E-state index contributed by atoms with van der Waals surface area (Å²) >= 11 is 0. The summed E-state index contributed by atoms with van der Waals surface area (Å²) in [6.45, 7) is 4.38. The molecule has 0 saturated carbocycles. The molecule has 1 N–H and O–H groups in total. The van der Waals surface area contributed by atoms with Crippen molar-refractivity contribution in [2.24, 2.45) is 5.10 Å². The number of ether oxygens (including phenoxy) is 3. The van der Waals surface area contributed by atoms with Gasteiger partial charge in [0.1, 0.15) is 0 Å². The fourth-order valence-corrected chi connectivity index (χ4v) is 2.18. The van der Waals surface area contributed by atoms with E-state index in [1.165, 1.54) is 20.2 Å². The van der Waals surface area contributed by atoms with E-state index < -0.39 is 5.97 Å². The zero-order valence-electron chi connectivity index (χ0n) is 13.8. The van der Waals surface area contributed by atoms with Crippen LogP contribution < -0.4 is 14.9 Å². The highest BCUT2D eigenvalue weighted by Crippen LogP contribution is 2.27. The Balaban J connectivity index is 1.88. The van der Waals surface area contributed by atoms with E-state index in [1.807, 2.05) is 4.90 Å². The second-order valence-electron chi connectivity index (χ2n) is 5.19. The number of methoxy groups -OCH3 is 1. The minimum absolute atomic E-state index is 0.184. The number of benzene rings is 1. The van der Waals surface area contributed by atoms with Gasteiger partial charge in [-0.1, -0.05) is 0 Å². The number of carbonyl (C=O) groups excluding carboxylic acids is 2. The van der Waals surface area contributed by atoms with Gasteiger partial charge in [-0.25, -0.2) is 5.43 Å². The standard InChI is InChI=1S/C16H21N3O5/c1-12(20)24-14-4-3-13(9-15(14)22-2)10-17-18-16(21)11-19-5-7-23-8-6-19/h3-4,9-10H,5-8,11H2,1-2H3,(H,18,21)/b17-10+. The third-order valence-electron chi connectivity index (χ3n) is 3.32. The number of hydrogen-bond acceptors (Lipinski definition) is 7. The van der Waals surface area contributed by atoms with Gasteiger partial charge in [0.2, 0.25) is 0 Å². The van der Waals surface area contributed by atoms with Crippen LogP contribution in [0.25, 0.3) is 0 Å². The van der Waals surface area contributed by atoms with Crippen molar-refractivity contribution >= 4 is 18.1 Å². The molecule has 0 radical (unpaired) electrons. The summed E-state index contributed by atoms with van der Waals surface area (Å²) in [7, 11) is 1.48. The molecular formula is C16H21N3O5. The van der Waals surface area contributed by atoms with Crippen LogP contribution in [0.2, 0.25) is 0 Å². The van der Waals surface area contributed by atoms with Crippen molar-refractivity contribution in [3.05, 3.63) is 23.8 Å². The number of hydrogen-bond donors (Lipinski definition) is 1. The molecule has 8 heteroatoms. The van der Waals surface area contributed by atoms with E-state index in [9.17, 15) is 9.59 Å². The van der Waals surface area contributed by atoms with Crippen LogP contribution in [-0.4, -0.2) is 62.9 Å². The second-order valence-corrected chi connectivity index (χ2v) is 5.19. The highest BCUT2D eigenvalue weighted by molar-refractivity contribution is 5.84. The topological polar surface area (TPSA) is 89.5 Å². The molecule has 24 heavy (non-hydrogen) atoms. The predicted molar refractivity (Wildman–Crippen MR) is 87.3 cm³/mol. The molecule has 8 nitrogen and oxygen atoms in total. The first-order valence-electron chi connectivity index (χ1n) is 7.57. The fraction of sp³-hybridized carbons (Fsp3) is 0.438. The smallest absolute Gasteiger partial charge is 0.308 e. The number of amides is 1. The van der Waals surface area contributed by atoms with Gasteiger partial charge in [0, 0.05) is 20.0 Å². The van der Waals surface area contributed by atoms with E-state index in [0.717, 1.165) is 13.1 Å². The Morgan fingerprint density at radius 1 is 1.33 bits per heavy atom. The van der Waals surface area contributed by atoms with Gasteiger partial charge in [-0.05, 0) is 23.8 Å². The van der Waals surface area contributed by atoms with E-state index in [2.05, 4.69) is 10.5 Å². The van der Waals surface area contributed by atoms with Crippen LogP contribution >= 0.6 is 0 Å². The second kappa shape index (κ2) is 8.99. The van der Waals surface area contributed by atoms with Gasteiger partial charge in [-0.3, -0.25) is 14.5 Å². The maximum absolute atomic E-state index is 11.8. The molecule has 0 spiro atoms. The van der Waals surface area contributed by atoms with E-state index in [0.29, 0.717) is 30.3 Å². The van der Waals surface area contributed by atoms with Crippen LogP contribution in [0.1, 0.15) is 12.5 Å². The first-order chi connectivity index (χ1) is 11.6. The van der Waals surface area contributed by atoms with Crippen molar-refractivity contribution in [3.8, 4) is 11.5 Å². The minimum atomic E-state index is -0.426. The molecule has 130 valence electrons. The normalized spacial score (nSPS) is 15.2. The maximum atomic E-state index is 11.8. The van der Waals surface area contributed by atoms with Crippen LogP contribution in [0.5, 0.6) is 11.5 Å². The Morgan fingerprint density at radius 2 is 2.08 bits per heavy atom. The number of nitrogens with one attached hydrogen (secondary N) is 1. The molecule has 1 amide bonds. The maximum Gasteiger partial charge on any atom is 0.308 e. The zero-order valence-corrected chi connectivity index (χ0v) is 13.8. The number of esters is 1. The van der Waals surface area contributed by atoms with E-state index >= 15 is 0 Å². The number of hydrazone groups is 1. The summed E-state index contributed by atoms with van der Waals surface area (Å²) < 4.78 is 15.4. The van der Waals surface area contributed by atoms with Gasteiger partial charge in [0.25, 0.3) is 5.91 Å². The minimum Gasteiger partial charge on any atom is -0.493 e. The Labute approximate surface area is 140 Å². The monoisotopic (exact) mass is 335 g/mol. The predicted octanol–water partition coefficient (Wildman–Crippen LogP) is 0.403. The van der Waals surface area contributed by atoms with Gasteiger partial charge in [-0.15, -0.1) is 0 Å². The van der Waals surface area contributed by atoms with E-state index in [4.69, 9.17) is 14.2 Å². The molecule has 1 saturated heterocycles. The summed E-state index contributed by atoms with van der Waals surface area (Å²) in [5.74, 6) is 0.133. The largest absolute Gasteiger partial charge is 0.493 e. The van der Waals surface area contributed by atoms with Crippen LogP contribution in [0, 0.1) is 0 Å². The molecule has 1 aliphatic heterocycles. The number of carbonyl (C=O) groups is 2. The van der Waals surface area contributed by atoms with E-state index in [-0.39, 0.29) is 12.5 Å². The van der Waals surface area contributed by atoms with Crippen molar-refractivity contribution in [2.45, 2.75) is 6.92 Å². The Bertz CT molecular complexity index is 612. The van der Waals surface area contributed by atoms with Crippen molar-refractivity contribution in [1.29, 1.82) is 0 Å². The molecule has 1 aromatic rings. The molecule has 1 aliphatic rings. The summed E-state index contributed by atoms with van der Waals surface area (Å²) in [5.41, 5.74) is 3.19. The summed E-state index contributed by atoms with van der Waals surface area (Å²) in [6, 6.07) is 4.98. The molecule has 0 aliphatic carbocycles. The number of morpholine rings is 1. The van der Waals surface area contributed by atoms with Gasteiger partial charge in [0.15, 0.2) is 11.5 Å². The molecule has 1 aromatic carbocycles. The van der Waals surface area contributed by atoms with Crippen LogP contribution in [0.3, 0.4) is 0 Å². The molecule has 1 heterocycles. The lowest BCUT2D eigenvalue weighted by Crippen LogP contribution is -2.42. The van der Waals surface area contributed by atoms with Gasteiger partial charge in [-0.2, -0.15) is 5.10 Å². The van der Waals surface area contributed by atoms with E-state index in [1.54, 1.807) is 18.2 Å². The Morgan fingerprint density at radius 3 is 2.75 bits per heavy atom. The average Bonchev–Trinajstić information content (AvgIpc) is 2.56. The summed E-state index contributed by atoms with van der Waals surface area (Å²) in [6.07, 6.45) is 1.50. The molecule has 1 fully saturated rings. The van der Waals surface area contributed by atoms with Crippen LogP contribution in [0.4, 0.5) is 0 Å². The molecular weight excluding hydrogens is 314 g/mol. The van der Waals surface area contributed by atoms with Crippen molar-refractivity contribution in [1.82, 2.24) is 10.3 Å². The molecule has 0 unspecified atom stereocenters. The SMILES string of the molecule is COc1cc(/C=N/NC(=O)CN2CCOCC2)ccc1OC(C)=O. The zero-order chi connectivity index (χ0) is 17.4. The first-order valence-corrected chi connectivity index (χ1v) is 7.57. The van der Waals surface area contributed by atoms with Gasteiger partial charge < -0.3 is 14.2 Å². The third-order valence-corrected chi connectivity index (χ3v) is 3.32. The molecule has 0 atom stereocenters. The average molecular weight is 335 g/mol. The molecule has 0 bridgehead atoms. The lowest BCUT2D eigenvalue weighted by atomic mass is 10.2. The Hall–Kier alpha value is -2.45. The highest BCUT2D eigenvalue weighted by atomic mass is 16.6. The third kappa shape index (κ3) is 5.64. The summed E-state index contributed by atoms with van der Waals surface area (Å²) in [4.78, 5) is 24.8. The number of rotatable bonds is 6. The fourth-order valence-electron chi connectivity index (χ4n) is 2.18. The van der Waals surface area contributed by atoms with Gasteiger partial charge in [0.05, 0.1) is 33.1 Å². The lowest BCUT2D eigenvalue weighted by Gasteiger charge is -2.25. The summed E-state index contributed by atoms with van der Waals surface area (Å²) in [5, 5.41) is 3.93. The highest BCUT2D eigenvalue weighted by Gasteiger charge is 2.13. The van der Waals surface area contributed by atoms with Crippen molar-refractivity contribution in [3.63, 3.8) is 0 Å². The first kappa shape index (κ1) is 17.9. The molecule has 0 aromatic heterocycles. The van der Waals surface area contributed by atoms with Gasteiger partial charge >= 0.3 is 5.97 Å². The van der Waals surface area contributed by atoms with Crippen molar-refractivity contribution < 1.29 is 23.8 Å². The number of nitrogens with zero attached hydrogens (tertiary/aromatic N) is 2. The lowest BCUT2D eigenvalue weighted by molar-refractivity contribution is -0.132. The van der Waals surface area contributed by atoms with Crippen LogP contribution in [-0.2, 0) is 14.3 Å². The van der Waals surface area contributed by atoms with Crippen LogP contribution in [0.15, 0.2) is 23.3 Å².